The Kier molecular flexibility index (Phi) is 4.93. The van der Waals surface area contributed by atoms with Crippen molar-refractivity contribution in [1.82, 2.24) is 19.5 Å². The highest BCUT2D eigenvalue weighted by Crippen LogP contribution is 2.32. The number of nitrogen functional groups attached to an aromatic ring is 1. The number of benzene rings is 1. The molecule has 1 aromatic carbocycles. The Hall–Kier alpha value is -3.04. The number of fused-ring (bicyclic) bond motifs is 1. The summed E-state index contributed by atoms with van der Waals surface area (Å²) in [5.41, 5.74) is 8.80. The summed E-state index contributed by atoms with van der Waals surface area (Å²) in [7, 11) is 1.22. The maximum absolute atomic E-state index is 14.5. The number of carbonyl (C=O) groups is 1. The van der Waals surface area contributed by atoms with Crippen LogP contribution in [0.25, 0.3) is 16.6 Å². The maximum Gasteiger partial charge on any atom is 0.340 e. The second kappa shape index (κ2) is 7.53. The number of carbonyl (C=O) groups excluding carboxylic acids is 1. The molecule has 2 N–H and O–H groups in total. The zero-order valence-corrected chi connectivity index (χ0v) is 15.4. The smallest absolute Gasteiger partial charge is 0.340 e. The summed E-state index contributed by atoms with van der Waals surface area (Å²) in [6.45, 7) is 3.68. The van der Waals surface area contributed by atoms with Crippen LogP contribution >= 0.6 is 0 Å². The summed E-state index contributed by atoms with van der Waals surface area (Å²) in [6, 6.07) is 6.30. The van der Waals surface area contributed by atoms with E-state index in [-0.39, 0.29) is 5.56 Å². The van der Waals surface area contributed by atoms with Crippen LogP contribution in [0.3, 0.4) is 0 Å². The van der Waals surface area contributed by atoms with Crippen LogP contribution in [0.4, 0.5) is 10.2 Å². The van der Waals surface area contributed by atoms with Gasteiger partial charge >= 0.3 is 5.97 Å². The summed E-state index contributed by atoms with van der Waals surface area (Å²) in [5.74, 6) is -1.08. The summed E-state index contributed by atoms with van der Waals surface area (Å²) in [6.07, 6.45) is 1.40. The van der Waals surface area contributed by atoms with E-state index in [1.165, 1.54) is 25.6 Å². The minimum absolute atomic E-state index is 0.118. The molecule has 2 aromatic heterocycles. The lowest BCUT2D eigenvalue weighted by Crippen LogP contribution is -2.36. The van der Waals surface area contributed by atoms with Crippen molar-refractivity contribution >= 4 is 17.3 Å². The fraction of sp³-hybridized carbons (Fsp3) is 0.316. The molecule has 3 aromatic rings. The van der Waals surface area contributed by atoms with Crippen LogP contribution in [0, 0.1) is 5.82 Å². The van der Waals surface area contributed by atoms with E-state index in [1.54, 1.807) is 10.6 Å². The van der Waals surface area contributed by atoms with Gasteiger partial charge in [-0.25, -0.2) is 18.7 Å². The number of ether oxygens (including phenoxy) is 2. The average molecular weight is 385 g/mol. The van der Waals surface area contributed by atoms with Gasteiger partial charge in [-0.1, -0.05) is 6.07 Å². The van der Waals surface area contributed by atoms with Gasteiger partial charge in [-0.2, -0.15) is 5.10 Å². The third-order valence-electron chi connectivity index (χ3n) is 4.83. The minimum Gasteiger partial charge on any atom is -0.465 e. The van der Waals surface area contributed by atoms with Crippen molar-refractivity contribution in [3.05, 3.63) is 47.7 Å². The molecule has 1 aliphatic heterocycles. The molecule has 0 aliphatic carbocycles. The Morgan fingerprint density at radius 3 is 2.82 bits per heavy atom. The minimum atomic E-state index is -0.721. The number of esters is 1. The Bertz CT molecular complexity index is 1030. The summed E-state index contributed by atoms with van der Waals surface area (Å²) >= 11 is 0. The number of hydrogen-bond donors (Lipinski definition) is 1. The first kappa shape index (κ1) is 18.3. The van der Waals surface area contributed by atoms with Crippen molar-refractivity contribution in [2.75, 3.05) is 39.1 Å². The molecule has 0 amide bonds. The number of anilines is 1. The molecule has 1 saturated heterocycles. The Morgan fingerprint density at radius 2 is 2.11 bits per heavy atom. The number of rotatable bonds is 4. The van der Waals surface area contributed by atoms with E-state index in [0.717, 1.165) is 18.8 Å². The quantitative estimate of drug-likeness (QED) is 0.684. The van der Waals surface area contributed by atoms with Gasteiger partial charge in [0.2, 0.25) is 0 Å². The molecule has 146 valence electrons. The zero-order valence-electron chi connectivity index (χ0n) is 15.4. The summed E-state index contributed by atoms with van der Waals surface area (Å²) in [5, 5.41) is 4.33. The first-order valence-electron chi connectivity index (χ1n) is 8.88. The molecular weight excluding hydrogens is 365 g/mol. The SMILES string of the molecule is COC(=O)c1ccc(-c2cc(CN3CCOCC3)n3ncnc(N)c23)cc1F. The molecular formula is C19H20FN5O3. The van der Waals surface area contributed by atoms with Gasteiger partial charge in [-0.05, 0) is 23.8 Å². The zero-order chi connectivity index (χ0) is 19.7. The van der Waals surface area contributed by atoms with Crippen molar-refractivity contribution < 1.29 is 18.7 Å². The van der Waals surface area contributed by atoms with E-state index < -0.39 is 11.8 Å². The predicted molar refractivity (Wildman–Crippen MR) is 100 cm³/mol. The van der Waals surface area contributed by atoms with E-state index in [2.05, 4.69) is 19.7 Å². The van der Waals surface area contributed by atoms with Gasteiger partial charge in [0.15, 0.2) is 5.82 Å². The lowest BCUT2D eigenvalue weighted by atomic mass is 10.0. The lowest BCUT2D eigenvalue weighted by molar-refractivity contribution is 0.0334. The van der Waals surface area contributed by atoms with E-state index in [1.807, 2.05) is 6.07 Å². The molecule has 0 unspecified atom stereocenters. The Labute approximate surface area is 160 Å². The van der Waals surface area contributed by atoms with Gasteiger partial charge in [0.1, 0.15) is 17.7 Å². The molecule has 1 aliphatic rings. The predicted octanol–water partition coefficient (Wildman–Crippen LogP) is 1.74. The van der Waals surface area contributed by atoms with Gasteiger partial charge < -0.3 is 15.2 Å². The number of nitrogens with two attached hydrogens (primary N) is 1. The van der Waals surface area contributed by atoms with E-state index in [4.69, 9.17) is 10.5 Å². The lowest BCUT2D eigenvalue weighted by Gasteiger charge is -2.26. The number of halogens is 1. The highest BCUT2D eigenvalue weighted by Gasteiger charge is 2.20. The van der Waals surface area contributed by atoms with Crippen molar-refractivity contribution in [2.45, 2.75) is 6.54 Å². The Balaban J connectivity index is 1.78. The van der Waals surface area contributed by atoms with Crippen molar-refractivity contribution in [2.24, 2.45) is 0 Å². The highest BCUT2D eigenvalue weighted by molar-refractivity contribution is 5.92. The number of nitrogens with zero attached hydrogens (tertiary/aromatic N) is 4. The topological polar surface area (TPSA) is 95.0 Å². The number of hydrogen-bond acceptors (Lipinski definition) is 7. The molecule has 0 atom stereocenters. The van der Waals surface area contributed by atoms with E-state index in [0.29, 0.717) is 42.2 Å². The molecule has 0 bridgehead atoms. The Morgan fingerprint density at radius 1 is 1.32 bits per heavy atom. The van der Waals surface area contributed by atoms with Gasteiger partial charge in [0.05, 0.1) is 31.6 Å². The van der Waals surface area contributed by atoms with Crippen LogP contribution in [0.5, 0.6) is 0 Å². The van der Waals surface area contributed by atoms with Gasteiger partial charge in [-0.3, -0.25) is 4.90 Å². The molecule has 1 fully saturated rings. The van der Waals surface area contributed by atoms with E-state index in [9.17, 15) is 9.18 Å². The van der Waals surface area contributed by atoms with Crippen molar-refractivity contribution in [1.29, 1.82) is 0 Å². The van der Waals surface area contributed by atoms with Crippen LogP contribution < -0.4 is 5.73 Å². The molecule has 4 rings (SSSR count). The second-order valence-corrected chi connectivity index (χ2v) is 6.53. The van der Waals surface area contributed by atoms with Gasteiger partial charge in [-0.15, -0.1) is 0 Å². The van der Waals surface area contributed by atoms with E-state index >= 15 is 0 Å². The molecule has 0 saturated carbocycles. The molecule has 3 heterocycles. The maximum atomic E-state index is 14.5. The van der Waals surface area contributed by atoms with Crippen LogP contribution in [-0.2, 0) is 16.0 Å². The van der Waals surface area contributed by atoms with Crippen molar-refractivity contribution in [3.8, 4) is 11.1 Å². The third-order valence-corrected chi connectivity index (χ3v) is 4.83. The molecule has 28 heavy (non-hydrogen) atoms. The third kappa shape index (κ3) is 3.30. The number of morpholine rings is 1. The first-order valence-corrected chi connectivity index (χ1v) is 8.88. The first-order chi connectivity index (χ1) is 13.6. The highest BCUT2D eigenvalue weighted by atomic mass is 19.1. The van der Waals surface area contributed by atoms with Crippen molar-refractivity contribution in [3.63, 3.8) is 0 Å². The molecule has 0 radical (unpaired) electrons. The fourth-order valence-corrected chi connectivity index (χ4v) is 3.41. The van der Waals surface area contributed by atoms with Crippen LogP contribution in [0.2, 0.25) is 0 Å². The fourth-order valence-electron chi connectivity index (χ4n) is 3.41. The normalized spacial score (nSPS) is 15.1. The molecule has 9 heteroatoms. The standard InChI is InChI=1S/C19H20FN5O3/c1-27-19(26)14-3-2-12(8-16(14)20)15-9-13(10-24-4-6-28-7-5-24)25-17(15)18(21)22-11-23-25/h2-3,8-9,11H,4-7,10H2,1H3,(H2,21,22,23). The molecule has 0 spiro atoms. The van der Waals surface area contributed by atoms with Gasteiger partial charge in [0, 0.05) is 25.2 Å². The number of aromatic nitrogens is 3. The summed E-state index contributed by atoms with van der Waals surface area (Å²) in [4.78, 5) is 18.0. The van der Waals surface area contributed by atoms with Crippen LogP contribution in [0.15, 0.2) is 30.6 Å². The summed E-state index contributed by atoms with van der Waals surface area (Å²) < 4.78 is 26.2. The largest absolute Gasteiger partial charge is 0.465 e. The van der Waals surface area contributed by atoms with Crippen LogP contribution in [-0.4, -0.2) is 58.9 Å². The van der Waals surface area contributed by atoms with Crippen LogP contribution in [0.1, 0.15) is 16.1 Å². The average Bonchev–Trinajstić information content (AvgIpc) is 3.08. The second-order valence-electron chi connectivity index (χ2n) is 6.53. The monoisotopic (exact) mass is 385 g/mol. The number of methoxy groups -OCH3 is 1. The van der Waals surface area contributed by atoms with Gasteiger partial charge in [0.25, 0.3) is 0 Å². The molecule has 8 nitrogen and oxygen atoms in total.